The molecule has 1 aromatic carbocycles. The number of halogens is 2. The molecule has 0 aliphatic heterocycles. The van der Waals surface area contributed by atoms with Gasteiger partial charge in [0.25, 0.3) is 0 Å². The van der Waals surface area contributed by atoms with Crippen LogP contribution in [0.15, 0.2) is 18.2 Å². The van der Waals surface area contributed by atoms with E-state index in [9.17, 15) is 9.18 Å². The number of benzene rings is 1. The number of amides is 1. The van der Waals surface area contributed by atoms with Gasteiger partial charge in [-0.1, -0.05) is 19.4 Å². The minimum Gasteiger partial charge on any atom is -0.324 e. The molecule has 5 heteroatoms. The first-order chi connectivity index (χ1) is 8.10. The van der Waals surface area contributed by atoms with Crippen molar-refractivity contribution in [3.8, 4) is 6.07 Å². The smallest absolute Gasteiger partial charge is 0.241 e. The average Bonchev–Trinajstić information content (AvgIpc) is 2.31. The topological polar surface area (TPSA) is 52.9 Å². The van der Waals surface area contributed by atoms with Crippen LogP contribution in [0.25, 0.3) is 0 Å². The quantitative estimate of drug-likeness (QED) is 0.851. The van der Waals surface area contributed by atoms with Gasteiger partial charge in [0.05, 0.1) is 15.3 Å². The van der Waals surface area contributed by atoms with E-state index in [1.54, 1.807) is 6.07 Å². The Bertz CT molecular complexity index is 456. The van der Waals surface area contributed by atoms with Crippen LogP contribution in [-0.4, -0.2) is 5.91 Å². The number of hydrogen-bond acceptors (Lipinski definition) is 2. The van der Waals surface area contributed by atoms with Crippen LogP contribution in [0.2, 0.25) is 0 Å². The highest BCUT2D eigenvalue weighted by atomic mass is 127. The molecule has 3 nitrogen and oxygen atoms in total. The number of nitriles is 1. The van der Waals surface area contributed by atoms with Crippen LogP contribution in [0.1, 0.15) is 19.8 Å². The van der Waals surface area contributed by atoms with Crippen LogP contribution in [0.3, 0.4) is 0 Å². The molecule has 1 unspecified atom stereocenters. The molecule has 17 heavy (non-hydrogen) atoms. The van der Waals surface area contributed by atoms with Crippen molar-refractivity contribution in [3.63, 3.8) is 0 Å². The third-order valence-corrected chi connectivity index (χ3v) is 3.36. The lowest BCUT2D eigenvalue weighted by Gasteiger charge is -2.10. The van der Waals surface area contributed by atoms with Crippen molar-refractivity contribution >= 4 is 34.2 Å². The monoisotopic (exact) mass is 346 g/mol. The summed E-state index contributed by atoms with van der Waals surface area (Å²) in [5.74, 6) is -1.44. The molecule has 0 radical (unpaired) electrons. The summed E-state index contributed by atoms with van der Waals surface area (Å²) < 4.78 is 13.6. The van der Waals surface area contributed by atoms with Crippen molar-refractivity contribution in [2.75, 3.05) is 5.32 Å². The molecule has 0 bridgehead atoms. The van der Waals surface area contributed by atoms with Gasteiger partial charge in [-0.15, -0.1) is 0 Å². The molecular formula is C12H12FIN2O. The van der Waals surface area contributed by atoms with Crippen molar-refractivity contribution in [3.05, 3.63) is 27.6 Å². The first kappa shape index (κ1) is 13.9. The normalized spacial score (nSPS) is 11.6. The third-order valence-electron chi connectivity index (χ3n) is 2.26. The van der Waals surface area contributed by atoms with Gasteiger partial charge in [-0.3, -0.25) is 4.79 Å². The molecule has 1 N–H and O–H groups in total. The lowest BCUT2D eigenvalue weighted by atomic mass is 10.0. The molecule has 0 saturated heterocycles. The molecule has 1 atom stereocenters. The van der Waals surface area contributed by atoms with E-state index >= 15 is 0 Å². The predicted octanol–water partition coefficient (Wildman–Crippen LogP) is 3.31. The first-order valence-electron chi connectivity index (χ1n) is 5.24. The molecule has 90 valence electrons. The highest BCUT2D eigenvalue weighted by molar-refractivity contribution is 14.1. The summed E-state index contributed by atoms with van der Waals surface area (Å²) in [5, 5.41) is 11.4. The van der Waals surface area contributed by atoms with Gasteiger partial charge in [0.1, 0.15) is 11.7 Å². The summed E-state index contributed by atoms with van der Waals surface area (Å²) in [6, 6.07) is 6.41. The van der Waals surface area contributed by atoms with Crippen molar-refractivity contribution < 1.29 is 9.18 Å². The van der Waals surface area contributed by atoms with E-state index in [1.807, 2.05) is 35.6 Å². The van der Waals surface area contributed by atoms with Gasteiger partial charge in [0, 0.05) is 0 Å². The number of anilines is 1. The summed E-state index contributed by atoms with van der Waals surface area (Å²) in [4.78, 5) is 11.7. The van der Waals surface area contributed by atoms with Crippen molar-refractivity contribution in [1.29, 1.82) is 5.26 Å². The standard InChI is InChI=1S/C12H12FIN2O/c1-2-4-8(7-15)12(17)16-10-6-3-5-9(13)11(10)14/h3,5-6,8H,2,4H2,1H3,(H,16,17). The Kier molecular flexibility index (Phi) is 5.35. The maximum Gasteiger partial charge on any atom is 0.241 e. The van der Waals surface area contributed by atoms with Gasteiger partial charge in [-0.2, -0.15) is 5.26 Å². The van der Waals surface area contributed by atoms with Gasteiger partial charge < -0.3 is 5.32 Å². The zero-order valence-corrected chi connectivity index (χ0v) is 11.5. The van der Waals surface area contributed by atoms with Gasteiger partial charge in [-0.25, -0.2) is 4.39 Å². The minimum absolute atomic E-state index is 0.353. The second-order valence-corrected chi connectivity index (χ2v) is 4.64. The molecular weight excluding hydrogens is 334 g/mol. The molecule has 0 aliphatic carbocycles. The largest absolute Gasteiger partial charge is 0.324 e. The summed E-state index contributed by atoms with van der Waals surface area (Å²) in [5.41, 5.74) is 0.409. The first-order valence-corrected chi connectivity index (χ1v) is 6.32. The van der Waals surface area contributed by atoms with E-state index in [4.69, 9.17) is 5.26 Å². The van der Waals surface area contributed by atoms with Crippen molar-refractivity contribution in [1.82, 2.24) is 0 Å². The van der Waals surface area contributed by atoms with Gasteiger partial charge in [-0.05, 0) is 41.1 Å². The van der Waals surface area contributed by atoms with Gasteiger partial charge >= 0.3 is 0 Å². The van der Waals surface area contributed by atoms with E-state index < -0.39 is 5.92 Å². The number of hydrogen-bond donors (Lipinski definition) is 1. The fourth-order valence-corrected chi connectivity index (χ4v) is 1.86. The van der Waals surface area contributed by atoms with Crippen LogP contribution < -0.4 is 5.32 Å². The second-order valence-electron chi connectivity index (χ2n) is 3.56. The van der Waals surface area contributed by atoms with E-state index in [0.717, 1.165) is 6.42 Å². The maximum atomic E-state index is 13.2. The molecule has 0 fully saturated rings. The van der Waals surface area contributed by atoms with Gasteiger partial charge in [0.15, 0.2) is 0 Å². The molecule has 1 amide bonds. The number of nitrogens with zero attached hydrogens (tertiary/aromatic N) is 1. The molecule has 1 rings (SSSR count). The van der Waals surface area contributed by atoms with Gasteiger partial charge in [0.2, 0.25) is 5.91 Å². The molecule has 0 aliphatic rings. The lowest BCUT2D eigenvalue weighted by molar-refractivity contribution is -0.118. The average molecular weight is 346 g/mol. The molecule has 0 spiro atoms. The summed E-state index contributed by atoms with van der Waals surface area (Å²) in [6.07, 6.45) is 1.26. The summed E-state index contributed by atoms with van der Waals surface area (Å²) >= 11 is 1.82. The number of nitrogens with one attached hydrogen (secondary N) is 1. The molecule has 0 heterocycles. The summed E-state index contributed by atoms with van der Waals surface area (Å²) in [6.45, 7) is 1.91. The van der Waals surface area contributed by atoms with Crippen LogP contribution in [0.5, 0.6) is 0 Å². The van der Waals surface area contributed by atoms with Crippen molar-refractivity contribution in [2.45, 2.75) is 19.8 Å². The molecule has 0 aromatic heterocycles. The Labute approximate surface area is 113 Å². The molecule has 1 aromatic rings. The second kappa shape index (κ2) is 6.55. The van der Waals surface area contributed by atoms with Crippen molar-refractivity contribution in [2.24, 2.45) is 5.92 Å². The minimum atomic E-state index is -0.681. The fourth-order valence-electron chi connectivity index (χ4n) is 1.36. The highest BCUT2D eigenvalue weighted by Gasteiger charge is 2.18. The zero-order valence-electron chi connectivity index (χ0n) is 9.34. The van der Waals surface area contributed by atoms with E-state index in [0.29, 0.717) is 15.7 Å². The zero-order chi connectivity index (χ0) is 12.8. The fraction of sp³-hybridized carbons (Fsp3) is 0.333. The lowest BCUT2D eigenvalue weighted by Crippen LogP contribution is -2.22. The van der Waals surface area contributed by atoms with E-state index in [2.05, 4.69) is 5.32 Å². The van der Waals surface area contributed by atoms with Crippen LogP contribution in [0.4, 0.5) is 10.1 Å². The number of carbonyl (C=O) groups is 1. The Morgan fingerprint density at radius 2 is 2.35 bits per heavy atom. The predicted molar refractivity (Wildman–Crippen MR) is 71.8 cm³/mol. The van der Waals surface area contributed by atoms with Crippen LogP contribution >= 0.6 is 22.6 Å². The third kappa shape index (κ3) is 3.66. The van der Waals surface area contributed by atoms with E-state index in [1.165, 1.54) is 12.1 Å². The highest BCUT2D eigenvalue weighted by Crippen LogP contribution is 2.21. The Morgan fingerprint density at radius 3 is 2.94 bits per heavy atom. The van der Waals surface area contributed by atoms with Crippen LogP contribution in [-0.2, 0) is 4.79 Å². The SMILES string of the molecule is CCCC(C#N)C(=O)Nc1cccc(F)c1I. The van der Waals surface area contributed by atoms with Crippen LogP contribution in [0, 0.1) is 26.6 Å². The molecule has 0 saturated carbocycles. The van der Waals surface area contributed by atoms with E-state index in [-0.39, 0.29) is 11.7 Å². The Balaban J connectivity index is 2.81. The Morgan fingerprint density at radius 1 is 1.65 bits per heavy atom. The number of rotatable bonds is 4. The Hall–Kier alpha value is -1.16. The maximum absolute atomic E-state index is 13.2. The summed E-state index contributed by atoms with van der Waals surface area (Å²) in [7, 11) is 0. The number of carbonyl (C=O) groups excluding carboxylic acids is 1.